The van der Waals surface area contributed by atoms with Crippen molar-refractivity contribution in [1.29, 1.82) is 0 Å². The van der Waals surface area contributed by atoms with Crippen LogP contribution in [-0.2, 0) is 14.6 Å². The van der Waals surface area contributed by atoms with Crippen LogP contribution in [0.2, 0.25) is 10.0 Å². The number of methoxy groups -OCH3 is 1. The molecule has 2 aromatic rings. The van der Waals surface area contributed by atoms with Gasteiger partial charge in [-0.3, -0.25) is 0 Å². The third kappa shape index (κ3) is 6.66. The lowest BCUT2D eigenvalue weighted by molar-refractivity contribution is 0.127. The molecule has 0 N–H and O–H groups in total. The summed E-state index contributed by atoms with van der Waals surface area (Å²) in [6.07, 6.45) is 0. The molecule has 0 unspecified atom stereocenters. The van der Waals surface area contributed by atoms with Crippen LogP contribution in [0, 0.1) is 11.8 Å². The number of hydrogen-bond acceptors (Lipinski definition) is 5. The first kappa shape index (κ1) is 25.1. The Bertz CT molecular complexity index is 950. The van der Waals surface area contributed by atoms with Crippen LogP contribution in [-0.4, -0.2) is 41.2 Å². The maximum atomic E-state index is 13.0. The summed E-state index contributed by atoms with van der Waals surface area (Å²) in [6.45, 7) is 5.25. The number of alkyl halides is 1. The van der Waals surface area contributed by atoms with E-state index in [9.17, 15) is 8.42 Å². The van der Waals surface area contributed by atoms with Crippen molar-refractivity contribution in [2.24, 2.45) is 11.8 Å². The molecule has 0 amide bonds. The maximum Gasteiger partial charge on any atom is 0.206 e. The van der Waals surface area contributed by atoms with Crippen LogP contribution in [0.4, 0.5) is 0 Å². The number of hydrogen-bond donors (Lipinski definition) is 0. The molecule has 2 rings (SSSR count). The Hall–Kier alpha value is -1.18. The lowest BCUT2D eigenvalue weighted by Crippen LogP contribution is -2.14. The van der Waals surface area contributed by atoms with Gasteiger partial charge in [-0.05, 0) is 36.4 Å². The fraction of sp³-hybridized carbons (Fsp3) is 0.429. The second-order valence-electron chi connectivity index (χ2n) is 7.13. The number of halogens is 3. The molecule has 0 aliphatic carbocycles. The van der Waals surface area contributed by atoms with E-state index in [-0.39, 0.29) is 31.7 Å². The van der Waals surface area contributed by atoms with Gasteiger partial charge in [-0.25, -0.2) is 8.42 Å². The average molecular weight is 496 g/mol. The highest BCUT2D eigenvalue weighted by Gasteiger charge is 2.21. The normalized spacial score (nSPS) is 13.7. The molecule has 2 aromatic carbocycles. The Morgan fingerprint density at radius 1 is 0.833 bits per heavy atom. The van der Waals surface area contributed by atoms with Crippen molar-refractivity contribution in [2.45, 2.75) is 23.6 Å². The first-order valence-corrected chi connectivity index (χ1v) is 12.1. The van der Waals surface area contributed by atoms with Gasteiger partial charge in [0.2, 0.25) is 9.84 Å². The first-order valence-electron chi connectivity index (χ1n) is 9.33. The standard InChI is InChI=1S/C21H25Cl3O5S/c1-14(10-22)12-28-20-6-4-16(8-18(20)23)30(25,26)17-5-7-21(19(24)9-17)29-13-15(2)11-27-3/h4-9,14-15H,10-13H2,1-3H3/t14-,15-/m0/s1. The van der Waals surface area contributed by atoms with Gasteiger partial charge in [-0.1, -0.05) is 37.0 Å². The zero-order valence-electron chi connectivity index (χ0n) is 17.0. The molecule has 0 heterocycles. The predicted molar refractivity (Wildman–Crippen MR) is 120 cm³/mol. The number of sulfone groups is 1. The smallest absolute Gasteiger partial charge is 0.206 e. The molecule has 9 heteroatoms. The van der Waals surface area contributed by atoms with Crippen LogP contribution in [0.15, 0.2) is 46.2 Å². The molecule has 30 heavy (non-hydrogen) atoms. The van der Waals surface area contributed by atoms with E-state index >= 15 is 0 Å². The SMILES string of the molecule is COC[C@H](C)COc1ccc(S(=O)(=O)c2ccc(OC[C@@H](C)CCl)c(Cl)c2)cc1Cl. The van der Waals surface area contributed by atoms with Crippen molar-refractivity contribution in [3.8, 4) is 11.5 Å². The lowest BCUT2D eigenvalue weighted by Gasteiger charge is -2.14. The number of benzene rings is 2. The van der Waals surface area contributed by atoms with E-state index in [1.807, 2.05) is 13.8 Å². The summed E-state index contributed by atoms with van der Waals surface area (Å²) in [5, 5.41) is 0.415. The monoisotopic (exact) mass is 494 g/mol. The van der Waals surface area contributed by atoms with Gasteiger partial charge in [0.25, 0.3) is 0 Å². The summed E-state index contributed by atoms with van der Waals surface area (Å²) in [5.74, 6) is 1.58. The van der Waals surface area contributed by atoms with Gasteiger partial charge >= 0.3 is 0 Å². The van der Waals surface area contributed by atoms with Crippen LogP contribution < -0.4 is 9.47 Å². The summed E-state index contributed by atoms with van der Waals surface area (Å²) in [7, 11) is -2.19. The third-order valence-corrected chi connectivity index (χ3v) is 7.06. The highest BCUT2D eigenvalue weighted by molar-refractivity contribution is 7.91. The zero-order valence-corrected chi connectivity index (χ0v) is 20.1. The summed E-state index contributed by atoms with van der Waals surface area (Å²) in [5.41, 5.74) is 0. The molecule has 0 saturated heterocycles. The molecule has 166 valence electrons. The Labute approximate surface area is 193 Å². The first-order chi connectivity index (χ1) is 14.2. The van der Waals surface area contributed by atoms with Crippen LogP contribution in [0.3, 0.4) is 0 Å². The summed E-state index contributed by atoms with van der Waals surface area (Å²) in [6, 6.07) is 8.72. The molecular weight excluding hydrogens is 471 g/mol. The number of rotatable bonds is 11. The molecule has 2 atom stereocenters. The van der Waals surface area contributed by atoms with Crippen molar-refractivity contribution in [1.82, 2.24) is 0 Å². The molecule has 0 saturated carbocycles. The van der Waals surface area contributed by atoms with Crippen molar-refractivity contribution >= 4 is 44.6 Å². The van der Waals surface area contributed by atoms with Crippen LogP contribution in [0.1, 0.15) is 13.8 Å². The van der Waals surface area contributed by atoms with Crippen molar-refractivity contribution in [3.63, 3.8) is 0 Å². The largest absolute Gasteiger partial charge is 0.492 e. The highest BCUT2D eigenvalue weighted by atomic mass is 35.5. The molecule has 0 bridgehead atoms. The van der Waals surface area contributed by atoms with Crippen molar-refractivity contribution in [2.75, 3.05) is 32.8 Å². The molecule has 0 fully saturated rings. The topological polar surface area (TPSA) is 61.8 Å². The molecular formula is C21H25Cl3O5S. The van der Waals surface area contributed by atoms with E-state index in [1.54, 1.807) is 13.2 Å². The van der Waals surface area contributed by atoms with Gasteiger partial charge in [0.1, 0.15) is 11.5 Å². The molecule has 0 aromatic heterocycles. The summed E-state index contributed by atoms with van der Waals surface area (Å²) >= 11 is 18.2. The fourth-order valence-electron chi connectivity index (χ4n) is 2.51. The minimum Gasteiger partial charge on any atom is -0.492 e. The van der Waals surface area contributed by atoms with E-state index in [2.05, 4.69) is 0 Å². The Kier molecular flexibility index (Phi) is 9.57. The Morgan fingerprint density at radius 3 is 1.70 bits per heavy atom. The van der Waals surface area contributed by atoms with E-state index in [4.69, 9.17) is 49.0 Å². The minimum absolute atomic E-state index is 0.0451. The van der Waals surface area contributed by atoms with Gasteiger partial charge in [0.05, 0.1) is 39.7 Å². The lowest BCUT2D eigenvalue weighted by atomic mass is 10.2. The molecule has 0 aliphatic heterocycles. The van der Waals surface area contributed by atoms with E-state index in [0.29, 0.717) is 37.2 Å². The maximum absolute atomic E-state index is 13.0. The van der Waals surface area contributed by atoms with Gasteiger partial charge in [-0.15, -0.1) is 11.6 Å². The van der Waals surface area contributed by atoms with E-state index < -0.39 is 9.84 Å². The Morgan fingerprint density at radius 2 is 1.30 bits per heavy atom. The van der Waals surface area contributed by atoms with Gasteiger partial charge < -0.3 is 14.2 Å². The molecule has 0 spiro atoms. The fourth-order valence-corrected chi connectivity index (χ4v) is 4.51. The number of ether oxygens (including phenoxy) is 3. The summed E-state index contributed by atoms with van der Waals surface area (Å²) in [4.78, 5) is 0.0916. The predicted octanol–water partition coefficient (Wildman–Crippen LogP) is 5.74. The second-order valence-corrected chi connectivity index (χ2v) is 10.2. The molecule has 0 aliphatic rings. The van der Waals surface area contributed by atoms with Gasteiger partial charge in [0, 0.05) is 24.8 Å². The van der Waals surface area contributed by atoms with Gasteiger partial charge in [-0.2, -0.15) is 0 Å². The van der Waals surface area contributed by atoms with Crippen LogP contribution >= 0.6 is 34.8 Å². The Balaban J connectivity index is 2.18. The third-order valence-electron chi connectivity index (χ3n) is 4.19. The van der Waals surface area contributed by atoms with E-state index in [0.717, 1.165) is 0 Å². The highest BCUT2D eigenvalue weighted by Crippen LogP contribution is 2.33. The van der Waals surface area contributed by atoms with Gasteiger partial charge in [0.15, 0.2) is 0 Å². The van der Waals surface area contributed by atoms with Crippen molar-refractivity contribution < 1.29 is 22.6 Å². The molecule has 5 nitrogen and oxygen atoms in total. The second kappa shape index (κ2) is 11.4. The molecule has 0 radical (unpaired) electrons. The minimum atomic E-state index is -3.81. The van der Waals surface area contributed by atoms with Crippen molar-refractivity contribution in [3.05, 3.63) is 46.4 Å². The van der Waals surface area contributed by atoms with E-state index in [1.165, 1.54) is 30.3 Å². The quantitative estimate of drug-likeness (QED) is 0.372. The van der Waals surface area contributed by atoms with Crippen LogP contribution in [0.25, 0.3) is 0 Å². The van der Waals surface area contributed by atoms with Crippen LogP contribution in [0.5, 0.6) is 11.5 Å². The average Bonchev–Trinajstić information content (AvgIpc) is 2.71. The zero-order chi connectivity index (χ0) is 22.3. The summed E-state index contributed by atoms with van der Waals surface area (Å²) < 4.78 is 42.3.